The first kappa shape index (κ1) is 14.5. The summed E-state index contributed by atoms with van der Waals surface area (Å²) in [6.07, 6.45) is 0. The number of halogens is 2. The molecule has 0 heterocycles. The number of hydrogen-bond acceptors (Lipinski definition) is 2. The van der Waals surface area contributed by atoms with Crippen LogP contribution in [0.25, 0.3) is 0 Å². The fourth-order valence-electron chi connectivity index (χ4n) is 1.47. The molecule has 0 fully saturated rings. The van der Waals surface area contributed by atoms with Crippen molar-refractivity contribution in [2.75, 3.05) is 18.4 Å². The van der Waals surface area contributed by atoms with Crippen LogP contribution in [0.1, 0.15) is 26.3 Å². The van der Waals surface area contributed by atoms with Crippen LogP contribution in [0.15, 0.2) is 16.6 Å². The molecule has 0 aliphatic heterocycles. The average molecular weight is 303 g/mol. The minimum Gasteiger partial charge on any atom is -0.383 e. The fourth-order valence-corrected chi connectivity index (χ4v) is 1.93. The van der Waals surface area contributed by atoms with Gasteiger partial charge in [-0.3, -0.25) is 0 Å². The highest BCUT2D eigenvalue weighted by Crippen LogP contribution is 2.23. The van der Waals surface area contributed by atoms with Crippen LogP contribution >= 0.6 is 15.9 Å². The van der Waals surface area contributed by atoms with Crippen molar-refractivity contribution in [3.63, 3.8) is 0 Å². The van der Waals surface area contributed by atoms with Crippen molar-refractivity contribution in [2.45, 2.75) is 33.2 Å². The van der Waals surface area contributed by atoms with E-state index in [4.69, 9.17) is 0 Å². The molecule has 0 atom stereocenters. The molecule has 0 spiro atoms. The van der Waals surface area contributed by atoms with Crippen LogP contribution in [0.4, 0.5) is 10.1 Å². The Hall–Kier alpha value is -0.610. The lowest BCUT2D eigenvalue weighted by molar-refractivity contribution is 0.435. The van der Waals surface area contributed by atoms with Gasteiger partial charge in [-0.2, -0.15) is 0 Å². The Morgan fingerprint density at radius 3 is 2.47 bits per heavy atom. The Kier molecular flexibility index (Phi) is 4.95. The first-order valence-electron chi connectivity index (χ1n) is 5.74. The molecule has 0 bridgehead atoms. The molecule has 96 valence electrons. The summed E-state index contributed by atoms with van der Waals surface area (Å²) in [5.74, 6) is -0.234. The lowest BCUT2D eigenvalue weighted by Gasteiger charge is -2.21. The molecule has 0 aliphatic carbocycles. The normalized spacial score (nSPS) is 11.6. The van der Waals surface area contributed by atoms with Crippen LogP contribution in [0.2, 0.25) is 0 Å². The number of benzene rings is 1. The monoisotopic (exact) mass is 302 g/mol. The summed E-state index contributed by atoms with van der Waals surface area (Å²) in [4.78, 5) is 0. The van der Waals surface area contributed by atoms with Gasteiger partial charge in [0.2, 0.25) is 0 Å². The summed E-state index contributed by atoms with van der Waals surface area (Å²) in [5.41, 5.74) is 2.00. The van der Waals surface area contributed by atoms with Crippen molar-refractivity contribution in [3.05, 3.63) is 28.0 Å². The summed E-state index contributed by atoms with van der Waals surface area (Å²) < 4.78 is 13.9. The largest absolute Gasteiger partial charge is 0.383 e. The average Bonchev–Trinajstić information content (AvgIpc) is 2.18. The van der Waals surface area contributed by atoms with Gasteiger partial charge in [0.05, 0.1) is 4.47 Å². The standard InChI is InChI=1S/C13H20BrFN2/c1-9-7-10(14)11(15)8-12(9)16-5-6-17-13(2,3)4/h7-8,16-17H,5-6H2,1-4H3. The Balaban J connectivity index is 2.50. The Morgan fingerprint density at radius 2 is 1.88 bits per heavy atom. The van der Waals surface area contributed by atoms with Crippen molar-refractivity contribution >= 4 is 21.6 Å². The molecular weight excluding hydrogens is 283 g/mol. The van der Waals surface area contributed by atoms with Crippen LogP contribution < -0.4 is 10.6 Å². The lowest BCUT2D eigenvalue weighted by Crippen LogP contribution is -2.38. The third-order valence-corrected chi connectivity index (χ3v) is 2.97. The quantitative estimate of drug-likeness (QED) is 0.829. The molecule has 1 rings (SSSR count). The number of anilines is 1. The van der Waals surface area contributed by atoms with Gasteiger partial charge in [-0.25, -0.2) is 4.39 Å². The third kappa shape index (κ3) is 5.04. The molecule has 0 amide bonds. The van der Waals surface area contributed by atoms with Gasteiger partial charge in [0.1, 0.15) is 5.82 Å². The maximum Gasteiger partial charge on any atom is 0.139 e. The minimum absolute atomic E-state index is 0.113. The molecule has 17 heavy (non-hydrogen) atoms. The van der Waals surface area contributed by atoms with E-state index in [9.17, 15) is 4.39 Å². The van der Waals surface area contributed by atoms with E-state index >= 15 is 0 Å². The highest BCUT2D eigenvalue weighted by molar-refractivity contribution is 9.10. The van der Waals surface area contributed by atoms with E-state index < -0.39 is 0 Å². The van der Waals surface area contributed by atoms with Gasteiger partial charge in [0.25, 0.3) is 0 Å². The summed E-state index contributed by atoms with van der Waals surface area (Å²) >= 11 is 3.17. The molecule has 1 aromatic rings. The Bertz CT molecular complexity index is 386. The lowest BCUT2D eigenvalue weighted by atomic mass is 10.1. The predicted octanol–water partition coefficient (Wildman–Crippen LogP) is 3.70. The predicted molar refractivity (Wildman–Crippen MR) is 75.1 cm³/mol. The van der Waals surface area contributed by atoms with Gasteiger partial charge in [-0.05, 0) is 61.3 Å². The topological polar surface area (TPSA) is 24.1 Å². The second kappa shape index (κ2) is 5.83. The fraction of sp³-hybridized carbons (Fsp3) is 0.538. The van der Waals surface area contributed by atoms with Gasteiger partial charge < -0.3 is 10.6 Å². The SMILES string of the molecule is Cc1cc(Br)c(F)cc1NCCNC(C)(C)C. The number of nitrogens with one attached hydrogen (secondary N) is 2. The summed E-state index contributed by atoms with van der Waals surface area (Å²) in [6, 6.07) is 3.31. The van der Waals surface area contributed by atoms with Crippen molar-refractivity contribution in [3.8, 4) is 0 Å². The number of aryl methyl sites for hydroxylation is 1. The van der Waals surface area contributed by atoms with Gasteiger partial charge in [0.15, 0.2) is 0 Å². The molecule has 0 saturated carbocycles. The first-order chi connectivity index (χ1) is 7.79. The van der Waals surface area contributed by atoms with E-state index in [0.29, 0.717) is 4.47 Å². The Morgan fingerprint density at radius 1 is 1.24 bits per heavy atom. The molecular formula is C13H20BrFN2. The molecule has 4 heteroatoms. The van der Waals surface area contributed by atoms with Crippen LogP contribution in [0, 0.1) is 12.7 Å². The van der Waals surface area contributed by atoms with Crippen molar-refractivity contribution < 1.29 is 4.39 Å². The highest BCUT2D eigenvalue weighted by atomic mass is 79.9. The number of hydrogen-bond donors (Lipinski definition) is 2. The molecule has 0 saturated heterocycles. The maximum atomic E-state index is 13.4. The molecule has 2 nitrogen and oxygen atoms in total. The summed E-state index contributed by atoms with van der Waals surface area (Å²) in [6.45, 7) is 9.95. The molecule has 0 aromatic heterocycles. The molecule has 0 radical (unpaired) electrons. The van der Waals surface area contributed by atoms with E-state index in [1.54, 1.807) is 6.07 Å². The van der Waals surface area contributed by atoms with E-state index in [-0.39, 0.29) is 11.4 Å². The van der Waals surface area contributed by atoms with Gasteiger partial charge in [-0.15, -0.1) is 0 Å². The van der Waals surface area contributed by atoms with Crippen molar-refractivity contribution in [1.82, 2.24) is 5.32 Å². The minimum atomic E-state index is -0.234. The van der Waals surface area contributed by atoms with E-state index in [0.717, 1.165) is 24.3 Å². The molecule has 0 unspecified atom stereocenters. The van der Waals surface area contributed by atoms with Crippen LogP contribution in [-0.2, 0) is 0 Å². The van der Waals surface area contributed by atoms with Gasteiger partial charge >= 0.3 is 0 Å². The van der Waals surface area contributed by atoms with Gasteiger partial charge in [0, 0.05) is 24.3 Å². The maximum absolute atomic E-state index is 13.4. The summed E-state index contributed by atoms with van der Waals surface area (Å²) in [7, 11) is 0. The van der Waals surface area contributed by atoms with E-state index in [2.05, 4.69) is 47.3 Å². The molecule has 2 N–H and O–H groups in total. The van der Waals surface area contributed by atoms with E-state index in [1.807, 2.05) is 6.92 Å². The molecule has 0 aliphatic rings. The zero-order valence-corrected chi connectivity index (χ0v) is 12.4. The zero-order valence-electron chi connectivity index (χ0n) is 10.8. The Labute approximate surface area is 111 Å². The first-order valence-corrected chi connectivity index (χ1v) is 6.53. The smallest absolute Gasteiger partial charge is 0.139 e. The van der Waals surface area contributed by atoms with Crippen LogP contribution in [0.5, 0.6) is 0 Å². The molecule has 1 aromatic carbocycles. The van der Waals surface area contributed by atoms with Crippen LogP contribution in [-0.4, -0.2) is 18.6 Å². The third-order valence-electron chi connectivity index (χ3n) is 2.36. The second-order valence-corrected chi connectivity index (χ2v) is 6.04. The number of rotatable bonds is 4. The highest BCUT2D eigenvalue weighted by Gasteiger charge is 2.08. The van der Waals surface area contributed by atoms with Gasteiger partial charge in [-0.1, -0.05) is 0 Å². The van der Waals surface area contributed by atoms with Crippen molar-refractivity contribution in [1.29, 1.82) is 0 Å². The second-order valence-electron chi connectivity index (χ2n) is 5.18. The van der Waals surface area contributed by atoms with Crippen LogP contribution in [0.3, 0.4) is 0 Å². The van der Waals surface area contributed by atoms with E-state index in [1.165, 1.54) is 6.07 Å². The van der Waals surface area contributed by atoms with Crippen molar-refractivity contribution in [2.24, 2.45) is 0 Å². The zero-order chi connectivity index (χ0) is 13.1. The summed E-state index contributed by atoms with van der Waals surface area (Å²) in [5, 5.41) is 6.60.